The predicted octanol–water partition coefficient (Wildman–Crippen LogP) is 4.39. The van der Waals surface area contributed by atoms with Crippen molar-refractivity contribution in [2.24, 2.45) is 0 Å². The normalized spacial score (nSPS) is 15.2. The summed E-state index contributed by atoms with van der Waals surface area (Å²) in [6.45, 7) is 5.43. The van der Waals surface area contributed by atoms with Gasteiger partial charge in [0, 0.05) is 87.6 Å². The lowest BCUT2D eigenvalue weighted by Crippen LogP contribution is -2.43. The van der Waals surface area contributed by atoms with Crippen molar-refractivity contribution < 1.29 is 4.79 Å². The number of piperazine rings is 1. The molecule has 0 radical (unpaired) electrons. The standard InChI is InChI=1S/C35H38N8O/c1-41(2)33-32(27-9-4-26(5-10-27)24-43-20-18-42(3)19-21-43)23-37-35(40-33)39-30-11-6-25(7-12-30)8-13-31-22-28(16-17-36-31)34(44)38-29-14-15-29/h4-7,9-12,16-17,22-23,29H,14-15,18-21,24H2,1-3H3,(H,38,44)(H,37,39,40). The molecule has 2 aromatic heterocycles. The molecular formula is C35H38N8O. The molecular weight excluding hydrogens is 548 g/mol. The molecule has 3 heterocycles. The molecule has 44 heavy (non-hydrogen) atoms. The number of hydrogen-bond donors (Lipinski definition) is 2. The van der Waals surface area contributed by atoms with Gasteiger partial charge in [-0.15, -0.1) is 0 Å². The predicted molar refractivity (Wildman–Crippen MR) is 175 cm³/mol. The highest BCUT2D eigenvalue weighted by molar-refractivity contribution is 5.94. The zero-order chi connectivity index (χ0) is 30.5. The lowest BCUT2D eigenvalue weighted by Gasteiger charge is -2.32. The Morgan fingerprint density at radius 1 is 0.955 bits per heavy atom. The van der Waals surface area contributed by atoms with Crippen LogP contribution in [0.15, 0.2) is 73.1 Å². The van der Waals surface area contributed by atoms with Crippen molar-refractivity contribution in [3.63, 3.8) is 0 Å². The molecule has 4 aromatic rings. The van der Waals surface area contributed by atoms with Gasteiger partial charge in [0.25, 0.3) is 5.91 Å². The fourth-order valence-corrected chi connectivity index (χ4v) is 5.07. The number of pyridine rings is 1. The van der Waals surface area contributed by atoms with E-state index in [4.69, 9.17) is 4.98 Å². The Hall–Kier alpha value is -4.78. The smallest absolute Gasteiger partial charge is 0.251 e. The van der Waals surface area contributed by atoms with Crippen molar-refractivity contribution in [1.29, 1.82) is 0 Å². The molecule has 1 aliphatic carbocycles. The maximum atomic E-state index is 12.3. The van der Waals surface area contributed by atoms with Gasteiger partial charge in [-0.25, -0.2) is 9.97 Å². The van der Waals surface area contributed by atoms with E-state index in [0.717, 1.165) is 73.8 Å². The maximum Gasteiger partial charge on any atom is 0.251 e. The van der Waals surface area contributed by atoms with Crippen LogP contribution in [0.5, 0.6) is 0 Å². The molecule has 0 spiro atoms. The van der Waals surface area contributed by atoms with Gasteiger partial charge in [-0.2, -0.15) is 4.98 Å². The van der Waals surface area contributed by atoms with Gasteiger partial charge >= 0.3 is 0 Å². The van der Waals surface area contributed by atoms with Gasteiger partial charge in [0.2, 0.25) is 5.95 Å². The van der Waals surface area contributed by atoms with Crippen molar-refractivity contribution >= 4 is 23.4 Å². The van der Waals surface area contributed by atoms with Gasteiger partial charge in [0.15, 0.2) is 0 Å². The lowest BCUT2D eigenvalue weighted by molar-refractivity contribution is 0.0951. The van der Waals surface area contributed by atoms with E-state index < -0.39 is 0 Å². The van der Waals surface area contributed by atoms with Crippen LogP contribution >= 0.6 is 0 Å². The highest BCUT2D eigenvalue weighted by Crippen LogP contribution is 2.29. The van der Waals surface area contributed by atoms with Crippen LogP contribution in [-0.2, 0) is 6.54 Å². The molecule has 2 fully saturated rings. The van der Waals surface area contributed by atoms with Crippen LogP contribution in [0.4, 0.5) is 17.5 Å². The average molecular weight is 587 g/mol. The van der Waals surface area contributed by atoms with Crippen LogP contribution in [0.1, 0.15) is 40.0 Å². The van der Waals surface area contributed by atoms with Gasteiger partial charge in [-0.3, -0.25) is 9.69 Å². The number of nitrogens with one attached hydrogen (secondary N) is 2. The summed E-state index contributed by atoms with van der Waals surface area (Å²) in [5.41, 5.74) is 6.23. The molecule has 224 valence electrons. The van der Waals surface area contributed by atoms with E-state index in [1.807, 2.05) is 49.5 Å². The van der Waals surface area contributed by atoms with Crippen molar-refractivity contribution in [2.75, 3.05) is 57.5 Å². The Morgan fingerprint density at radius 3 is 2.41 bits per heavy atom. The molecule has 9 heteroatoms. The van der Waals surface area contributed by atoms with E-state index in [1.54, 1.807) is 18.3 Å². The molecule has 2 N–H and O–H groups in total. The minimum Gasteiger partial charge on any atom is -0.362 e. The Bertz CT molecular complexity index is 1660. The summed E-state index contributed by atoms with van der Waals surface area (Å²) in [6, 6.07) is 20.3. The fraction of sp³-hybridized carbons (Fsp3) is 0.314. The maximum absolute atomic E-state index is 12.3. The number of rotatable bonds is 8. The summed E-state index contributed by atoms with van der Waals surface area (Å²) in [6.07, 6.45) is 5.60. The van der Waals surface area contributed by atoms with Crippen LogP contribution in [-0.4, -0.2) is 84.0 Å². The fourth-order valence-electron chi connectivity index (χ4n) is 5.07. The molecule has 0 unspecified atom stereocenters. The van der Waals surface area contributed by atoms with Crippen molar-refractivity contribution in [1.82, 2.24) is 30.1 Å². The van der Waals surface area contributed by atoms with Gasteiger partial charge in [-0.1, -0.05) is 30.2 Å². The number of nitrogens with zero attached hydrogens (tertiary/aromatic N) is 6. The van der Waals surface area contributed by atoms with Crippen molar-refractivity contribution in [3.05, 3.63) is 95.4 Å². The van der Waals surface area contributed by atoms with Gasteiger partial charge in [0.05, 0.1) is 0 Å². The Kier molecular flexibility index (Phi) is 8.82. The highest BCUT2D eigenvalue weighted by Gasteiger charge is 2.23. The average Bonchev–Trinajstić information content (AvgIpc) is 3.86. The van der Waals surface area contributed by atoms with Crippen LogP contribution < -0.4 is 15.5 Å². The largest absolute Gasteiger partial charge is 0.362 e. The molecule has 0 atom stereocenters. The third kappa shape index (κ3) is 7.59. The number of anilines is 3. The molecule has 1 saturated carbocycles. The quantitative estimate of drug-likeness (QED) is 0.294. The molecule has 6 rings (SSSR count). The number of carbonyl (C=O) groups is 1. The van der Waals surface area contributed by atoms with Crippen molar-refractivity contribution in [2.45, 2.75) is 25.4 Å². The second-order valence-electron chi connectivity index (χ2n) is 11.7. The van der Waals surface area contributed by atoms with E-state index in [1.165, 1.54) is 5.56 Å². The van der Waals surface area contributed by atoms with E-state index in [9.17, 15) is 4.79 Å². The number of likely N-dealkylation sites (N-methyl/N-ethyl adjacent to an activating group) is 1. The number of aromatic nitrogens is 3. The molecule has 0 bridgehead atoms. The first-order valence-corrected chi connectivity index (χ1v) is 15.1. The number of carbonyl (C=O) groups excluding carboxylic acids is 1. The Labute approximate surface area is 259 Å². The first-order valence-electron chi connectivity index (χ1n) is 15.1. The topological polar surface area (TPSA) is 89.5 Å². The van der Waals surface area contributed by atoms with Crippen LogP contribution in [0, 0.1) is 11.8 Å². The minimum absolute atomic E-state index is 0.0734. The molecule has 2 aromatic carbocycles. The third-order valence-corrected chi connectivity index (χ3v) is 7.87. The summed E-state index contributed by atoms with van der Waals surface area (Å²) in [5, 5.41) is 6.31. The minimum atomic E-state index is -0.0734. The first-order chi connectivity index (χ1) is 21.4. The summed E-state index contributed by atoms with van der Waals surface area (Å²) in [5.74, 6) is 7.49. The first kappa shape index (κ1) is 29.3. The molecule has 1 saturated heterocycles. The molecule has 9 nitrogen and oxygen atoms in total. The lowest BCUT2D eigenvalue weighted by atomic mass is 10.0. The SMILES string of the molecule is CN1CCN(Cc2ccc(-c3cnc(Nc4ccc(C#Cc5cc(C(=O)NC6CC6)ccn5)cc4)nc3N(C)C)cc2)CC1. The Morgan fingerprint density at radius 2 is 1.70 bits per heavy atom. The third-order valence-electron chi connectivity index (χ3n) is 7.87. The second-order valence-corrected chi connectivity index (χ2v) is 11.7. The van der Waals surface area contributed by atoms with E-state index in [2.05, 4.69) is 73.6 Å². The van der Waals surface area contributed by atoms with Crippen LogP contribution in [0.3, 0.4) is 0 Å². The number of benzene rings is 2. The van der Waals surface area contributed by atoms with E-state index >= 15 is 0 Å². The molecule has 1 amide bonds. The summed E-state index contributed by atoms with van der Waals surface area (Å²) >= 11 is 0. The number of hydrogen-bond acceptors (Lipinski definition) is 8. The molecule has 2 aliphatic rings. The summed E-state index contributed by atoms with van der Waals surface area (Å²) in [4.78, 5) is 33.0. The van der Waals surface area contributed by atoms with Crippen LogP contribution in [0.25, 0.3) is 11.1 Å². The highest BCUT2D eigenvalue weighted by atomic mass is 16.1. The summed E-state index contributed by atoms with van der Waals surface area (Å²) < 4.78 is 0. The zero-order valence-corrected chi connectivity index (χ0v) is 25.5. The number of amides is 1. The molecule has 1 aliphatic heterocycles. The zero-order valence-electron chi connectivity index (χ0n) is 25.5. The second kappa shape index (κ2) is 13.2. The summed E-state index contributed by atoms with van der Waals surface area (Å²) in [7, 11) is 6.17. The van der Waals surface area contributed by atoms with E-state index in [0.29, 0.717) is 23.2 Å². The van der Waals surface area contributed by atoms with Gasteiger partial charge in [-0.05, 0) is 73.3 Å². The monoisotopic (exact) mass is 586 g/mol. The van der Waals surface area contributed by atoms with E-state index in [-0.39, 0.29) is 5.91 Å². The van der Waals surface area contributed by atoms with Gasteiger partial charge in [0.1, 0.15) is 11.5 Å². The van der Waals surface area contributed by atoms with Crippen LogP contribution in [0.2, 0.25) is 0 Å². The van der Waals surface area contributed by atoms with Gasteiger partial charge < -0.3 is 20.4 Å². The Balaban J connectivity index is 1.10. The van der Waals surface area contributed by atoms with Crippen molar-refractivity contribution in [3.8, 4) is 23.0 Å².